The minimum atomic E-state index is -2.29. The Bertz CT molecular complexity index is 2600. The fourth-order valence-electron chi connectivity index (χ4n) is 9.93. The summed E-state index contributed by atoms with van der Waals surface area (Å²) in [6.45, 7) is 12.7. The number of hydrogen-bond donors (Lipinski definition) is 14. The van der Waals surface area contributed by atoms with Gasteiger partial charge in [0.15, 0.2) is 12.1 Å². The number of carboxylic acid groups (broad SMARTS) is 1. The van der Waals surface area contributed by atoms with Gasteiger partial charge in [-0.3, -0.25) is 9.59 Å². The normalized spacial score (nSPS) is 38.1. The number of carboxylic acids is 1. The molecule has 15 N–H and O–H groups in total. The highest BCUT2D eigenvalue weighted by Crippen LogP contribution is 2.38. The van der Waals surface area contributed by atoms with Crippen molar-refractivity contribution in [2.24, 2.45) is 23.5 Å². The Kier molecular flexibility index (Phi) is 29.5. The van der Waals surface area contributed by atoms with Crippen LogP contribution in [0.15, 0.2) is 152 Å². The average molecular weight is 1190 g/mol. The number of aromatic hydroxyl groups is 2. The summed E-state index contributed by atoms with van der Waals surface area (Å²) in [4.78, 5) is 25.1. The van der Waals surface area contributed by atoms with Crippen LogP contribution in [0.4, 0.5) is 0 Å². The molecular weight excluding hydrogens is 1100 g/mol. The maximum Gasteiger partial charge on any atom is 0.311 e. The van der Waals surface area contributed by atoms with Gasteiger partial charge >= 0.3 is 11.9 Å². The second-order valence-electron chi connectivity index (χ2n) is 22.5. The summed E-state index contributed by atoms with van der Waals surface area (Å²) >= 11 is 0. The fraction of sp³-hybridized carbons (Fsp3) is 0.508. The molecule has 0 amide bonds. The van der Waals surface area contributed by atoms with Gasteiger partial charge in [-0.1, -0.05) is 141 Å². The van der Waals surface area contributed by atoms with Crippen molar-refractivity contribution >= 4 is 18.0 Å². The summed E-state index contributed by atoms with van der Waals surface area (Å²) in [7, 11) is 0. The molecule has 5 rings (SSSR count). The van der Waals surface area contributed by atoms with Gasteiger partial charge in [0, 0.05) is 42.9 Å². The number of ether oxygens (including phenoxy) is 4. The second kappa shape index (κ2) is 35.0. The first kappa shape index (κ1) is 71.6. The van der Waals surface area contributed by atoms with Crippen molar-refractivity contribution in [3.63, 3.8) is 0 Å². The Morgan fingerprint density at radius 3 is 1.79 bits per heavy atom. The predicted molar refractivity (Wildman–Crippen MR) is 320 cm³/mol. The maximum atomic E-state index is 12.6. The number of phenols is 2. The largest absolute Gasteiger partial charge is 0.508 e. The van der Waals surface area contributed by atoms with Crippen LogP contribution in [0.1, 0.15) is 97.1 Å². The Morgan fingerprint density at radius 2 is 1.22 bits per heavy atom. The van der Waals surface area contributed by atoms with Crippen molar-refractivity contribution in [1.82, 2.24) is 0 Å². The molecule has 3 heterocycles. The highest BCUT2D eigenvalue weighted by atomic mass is 16.7. The van der Waals surface area contributed by atoms with Crippen molar-refractivity contribution in [2.75, 3.05) is 0 Å². The van der Waals surface area contributed by atoms with Gasteiger partial charge in [-0.25, -0.2) is 0 Å². The van der Waals surface area contributed by atoms with Crippen molar-refractivity contribution in [3.05, 3.63) is 163 Å². The molecule has 0 aliphatic carbocycles. The molecule has 20 heteroatoms. The molecule has 0 radical (unpaired) electrons. The van der Waals surface area contributed by atoms with E-state index in [1.54, 1.807) is 111 Å². The summed E-state index contributed by atoms with van der Waals surface area (Å²) in [6, 6.07) is 13.0. The van der Waals surface area contributed by atoms with E-state index in [-0.39, 0.29) is 48.5 Å². The van der Waals surface area contributed by atoms with Gasteiger partial charge in [-0.15, -0.1) is 6.58 Å². The molecule has 0 aromatic heterocycles. The maximum absolute atomic E-state index is 12.6. The number of cyclic esters (lactones) is 1. The van der Waals surface area contributed by atoms with E-state index in [0.29, 0.717) is 0 Å². The van der Waals surface area contributed by atoms with Crippen LogP contribution in [-0.2, 0) is 34.0 Å². The van der Waals surface area contributed by atoms with Gasteiger partial charge in [0.2, 0.25) is 0 Å². The van der Waals surface area contributed by atoms with Crippen LogP contribution in [0.3, 0.4) is 0 Å². The van der Waals surface area contributed by atoms with Crippen LogP contribution in [-0.4, -0.2) is 176 Å². The number of aliphatic hydroxyl groups is 10. The van der Waals surface area contributed by atoms with Crippen molar-refractivity contribution in [2.45, 2.75) is 189 Å². The minimum absolute atomic E-state index is 0.140. The zero-order valence-corrected chi connectivity index (χ0v) is 49.0. The lowest BCUT2D eigenvalue weighted by Crippen LogP contribution is -2.61. The molecule has 470 valence electrons. The average Bonchev–Trinajstić information content (AvgIpc) is 3.21. The van der Waals surface area contributed by atoms with Gasteiger partial charge < -0.3 is 91.1 Å². The molecule has 85 heavy (non-hydrogen) atoms. The van der Waals surface area contributed by atoms with Gasteiger partial charge in [0.1, 0.15) is 29.6 Å². The molecule has 0 spiro atoms. The van der Waals surface area contributed by atoms with E-state index in [1.807, 2.05) is 49.4 Å². The Balaban J connectivity index is 0.000000646. The van der Waals surface area contributed by atoms with E-state index < -0.39 is 147 Å². The van der Waals surface area contributed by atoms with Gasteiger partial charge in [0.25, 0.3) is 0 Å². The third-order valence-electron chi connectivity index (χ3n) is 15.5. The Morgan fingerprint density at radius 1 is 0.671 bits per heavy atom. The summed E-state index contributed by atoms with van der Waals surface area (Å²) < 4.78 is 23.1. The molecule has 2 aromatic carbocycles. The van der Waals surface area contributed by atoms with Crippen molar-refractivity contribution in [3.8, 4) is 11.5 Å². The van der Waals surface area contributed by atoms with Crippen LogP contribution in [0.5, 0.6) is 11.5 Å². The molecule has 1 unspecified atom stereocenters. The summed E-state index contributed by atoms with van der Waals surface area (Å²) in [5, 5.41) is 137. The first-order chi connectivity index (χ1) is 40.1. The third-order valence-corrected chi connectivity index (χ3v) is 15.5. The fourth-order valence-corrected chi connectivity index (χ4v) is 9.93. The van der Waals surface area contributed by atoms with E-state index in [0.717, 1.165) is 11.1 Å². The number of nitrogens with two attached hydrogens (primary N) is 1. The van der Waals surface area contributed by atoms with Gasteiger partial charge in [0.05, 0.1) is 79.6 Å². The monoisotopic (exact) mass is 1190 g/mol. The Labute approximate surface area is 498 Å². The molecular formula is C65H91NO19. The smallest absolute Gasteiger partial charge is 0.311 e. The van der Waals surface area contributed by atoms with Crippen LogP contribution < -0.4 is 5.73 Å². The topological polar surface area (TPSA) is 360 Å². The standard InChI is InChI=1S/C47H73NO17.C18H18O2/c1-27-17-15-13-11-9-7-5-6-8-10-12-14-16-18-34(64-46-44(58)41(48)43(57)30(4)63-46)24-38-40(45(59)60)37(54)26-47(61,65-38)25-33(51)21-31(49)19-20-35(52)36(53)22-32(50)23-39(55)62-29(3)28(2)42(27)56;1-3-18(2,15-6-10-17(20)11-7-15)13-12-14-4-8-16(19)9-5-14/h5-18,27-38,40-44,46,49-54,56-58,61H,19-26,48H2,1-4H3,(H,59,60);3-13,19-20H,1H2,2H3/b6-5+,9-7+,10-8+,13-11+,14-12+,17-15-,18-16+;13-12-/t27-,28+,29-,30+,31-,32+,33-,34-,35-,36-,37-,38-,40+,41-,42+,43+,44-,46-,47+;/m0./s1. The minimum Gasteiger partial charge on any atom is -0.508 e. The predicted octanol–water partition coefficient (Wildman–Crippen LogP) is 4.97. The van der Waals surface area contributed by atoms with E-state index in [2.05, 4.69) is 19.6 Å². The SMILES string of the molecule is C=CC(C)(/C=C\c1ccc(O)cc1)c1ccc(O)cc1.C[C@H]1[C@H](O)[C@@H](C)\C=C/C=C/C=C/C=C/C=C/C=C/C=C/[C@H](O[C@@H]2O[C@H](C)[C@@H](O)[C@H](N)[C@@H]2O)C[C@@H]2O[C@](O)(C[C@@H](O)C[C@@H](O)CC[C@H](O)[C@@H](O)C[C@@H](O)CC(=O)O[C@H]1C)C[C@H](O)[C@H]2C(=O)O. The summed E-state index contributed by atoms with van der Waals surface area (Å²) in [5.41, 5.74) is 7.77. The zero-order chi connectivity index (χ0) is 63.0. The number of hydrogen-bond acceptors (Lipinski definition) is 19. The molecule has 2 saturated heterocycles. The molecule has 3 aliphatic rings. The van der Waals surface area contributed by atoms with Crippen LogP contribution in [0.25, 0.3) is 6.08 Å². The second-order valence-corrected chi connectivity index (χ2v) is 22.5. The summed E-state index contributed by atoms with van der Waals surface area (Å²) in [6.07, 6.45) is 9.47. The lowest BCUT2D eigenvalue weighted by molar-refractivity contribution is -0.308. The molecule has 20 atom stereocenters. The zero-order valence-electron chi connectivity index (χ0n) is 49.0. The first-order valence-corrected chi connectivity index (χ1v) is 28.8. The number of esters is 1. The van der Waals surface area contributed by atoms with Crippen LogP contribution in [0, 0.1) is 17.8 Å². The third kappa shape index (κ3) is 23.7. The van der Waals surface area contributed by atoms with E-state index in [9.17, 15) is 76.0 Å². The number of aliphatic carboxylic acids is 1. The van der Waals surface area contributed by atoms with Crippen LogP contribution in [0.2, 0.25) is 0 Å². The lowest BCUT2D eigenvalue weighted by Gasteiger charge is -2.45. The van der Waals surface area contributed by atoms with Gasteiger partial charge in [-0.2, -0.15) is 0 Å². The molecule has 2 aromatic rings. The van der Waals surface area contributed by atoms with Crippen LogP contribution >= 0.6 is 0 Å². The van der Waals surface area contributed by atoms with Gasteiger partial charge in [-0.05, 0) is 75.4 Å². The summed E-state index contributed by atoms with van der Waals surface area (Å²) in [5.74, 6) is -6.31. The van der Waals surface area contributed by atoms with Crippen molar-refractivity contribution in [1.29, 1.82) is 0 Å². The van der Waals surface area contributed by atoms with E-state index >= 15 is 0 Å². The number of carbonyl (C=O) groups excluding carboxylic acids is 1. The number of benzene rings is 2. The number of aliphatic hydroxyl groups excluding tert-OH is 9. The highest BCUT2D eigenvalue weighted by molar-refractivity contribution is 5.72. The van der Waals surface area contributed by atoms with E-state index in [1.165, 1.54) is 13.0 Å². The number of rotatable bonds is 7. The Hall–Kier alpha value is -5.92. The van der Waals surface area contributed by atoms with Crippen molar-refractivity contribution < 1.29 is 94.9 Å². The lowest BCUT2D eigenvalue weighted by atomic mass is 9.82. The number of phenolic OH excluding ortho intramolecular Hbond substituents is 2. The highest BCUT2D eigenvalue weighted by Gasteiger charge is 2.51. The molecule has 2 bridgehead atoms. The molecule has 2 fully saturated rings. The number of carbonyl (C=O) groups is 2. The number of allylic oxidation sites excluding steroid dienone is 14. The first-order valence-electron chi connectivity index (χ1n) is 28.8. The van der Waals surface area contributed by atoms with E-state index in [4.69, 9.17) is 24.7 Å². The quantitative estimate of drug-likeness (QED) is 0.129. The molecule has 20 nitrogen and oxygen atoms in total. The molecule has 0 saturated carbocycles. The number of fused-ring (bicyclic) bond motifs is 2. The molecule has 3 aliphatic heterocycles.